The van der Waals surface area contributed by atoms with Gasteiger partial charge in [-0.25, -0.2) is 9.78 Å². The summed E-state index contributed by atoms with van der Waals surface area (Å²) in [6.07, 6.45) is 6.65. The van der Waals surface area contributed by atoms with Crippen LogP contribution in [0.15, 0.2) is 47.1 Å². The van der Waals surface area contributed by atoms with Crippen molar-refractivity contribution in [2.75, 3.05) is 11.4 Å². The number of carboxylic acid groups (broad SMARTS) is 1. The highest BCUT2D eigenvalue weighted by Crippen LogP contribution is 2.44. The summed E-state index contributed by atoms with van der Waals surface area (Å²) < 4.78 is 12.3. The van der Waals surface area contributed by atoms with E-state index in [0.29, 0.717) is 18.6 Å². The maximum atomic E-state index is 11.1. The number of carbonyl (C=O) groups is 1. The van der Waals surface area contributed by atoms with Crippen molar-refractivity contribution in [2.45, 2.75) is 70.6 Å². The van der Waals surface area contributed by atoms with Crippen LogP contribution in [0.25, 0.3) is 11.3 Å². The van der Waals surface area contributed by atoms with Crippen LogP contribution in [-0.4, -0.2) is 39.9 Å². The summed E-state index contributed by atoms with van der Waals surface area (Å²) >= 11 is 0. The number of pyridine rings is 1. The number of aromatic nitrogens is 2. The van der Waals surface area contributed by atoms with Gasteiger partial charge in [-0.15, -0.1) is 0 Å². The molecule has 1 aromatic carbocycles. The summed E-state index contributed by atoms with van der Waals surface area (Å²) in [6, 6.07) is 12.0. The van der Waals surface area contributed by atoms with Gasteiger partial charge in [0.25, 0.3) is 0 Å². The first-order valence-electron chi connectivity index (χ1n) is 12.2. The topological polar surface area (TPSA) is 88.7 Å². The van der Waals surface area contributed by atoms with Gasteiger partial charge in [0.15, 0.2) is 0 Å². The first-order valence-corrected chi connectivity index (χ1v) is 12.2. The number of anilines is 1. The standard InChI is InChI=1S/C27H31N3O4/c1-3-20-14-21(12-13-30(20)24-11-10-19(15-28-24)27(31)32)33-16-23-25(22-7-5-4-6-17(22)2)29-34-26(23)18-8-9-18/h4-7,10-11,15,18,20-21H,3,8-9,12-14,16H2,1-2H3,(H,31,32)/t20-,21+/m0/s1. The van der Waals surface area contributed by atoms with E-state index in [1.165, 1.54) is 11.8 Å². The van der Waals surface area contributed by atoms with Crippen LogP contribution in [0.3, 0.4) is 0 Å². The van der Waals surface area contributed by atoms with Crippen molar-refractivity contribution in [3.63, 3.8) is 0 Å². The van der Waals surface area contributed by atoms with E-state index in [1.54, 1.807) is 12.1 Å². The highest BCUT2D eigenvalue weighted by atomic mass is 16.5. The van der Waals surface area contributed by atoms with Gasteiger partial charge in [0, 0.05) is 35.8 Å². The summed E-state index contributed by atoms with van der Waals surface area (Å²) in [7, 11) is 0. The molecule has 0 bridgehead atoms. The zero-order valence-corrected chi connectivity index (χ0v) is 19.7. The van der Waals surface area contributed by atoms with Gasteiger partial charge >= 0.3 is 5.97 Å². The average molecular weight is 462 g/mol. The molecule has 1 N–H and O–H groups in total. The molecule has 7 heteroatoms. The predicted molar refractivity (Wildman–Crippen MR) is 129 cm³/mol. The van der Waals surface area contributed by atoms with E-state index in [-0.39, 0.29) is 11.7 Å². The fourth-order valence-electron chi connectivity index (χ4n) is 4.92. The summed E-state index contributed by atoms with van der Waals surface area (Å²) in [5, 5.41) is 13.6. The lowest BCUT2D eigenvalue weighted by Crippen LogP contribution is -2.45. The van der Waals surface area contributed by atoms with Crippen LogP contribution in [0, 0.1) is 6.92 Å². The fraction of sp³-hybridized carbons (Fsp3) is 0.444. The number of aromatic carboxylic acids is 1. The third-order valence-corrected chi connectivity index (χ3v) is 7.06. The largest absolute Gasteiger partial charge is 0.478 e. The van der Waals surface area contributed by atoms with Crippen LogP contribution in [0.4, 0.5) is 5.82 Å². The smallest absolute Gasteiger partial charge is 0.337 e. The molecule has 5 rings (SSSR count). The van der Waals surface area contributed by atoms with Gasteiger partial charge in [0.05, 0.1) is 18.3 Å². The quantitative estimate of drug-likeness (QED) is 0.468. The minimum atomic E-state index is -0.956. The molecule has 2 fully saturated rings. The maximum absolute atomic E-state index is 11.1. The Bertz CT molecular complexity index is 1150. The van der Waals surface area contributed by atoms with Gasteiger partial charge in [-0.2, -0.15) is 0 Å². The molecule has 2 aliphatic rings. The second kappa shape index (κ2) is 9.58. The van der Waals surface area contributed by atoms with Gasteiger partial charge in [-0.05, 0) is 56.7 Å². The molecule has 1 aliphatic heterocycles. The summed E-state index contributed by atoms with van der Waals surface area (Å²) in [5.74, 6) is 1.33. The summed E-state index contributed by atoms with van der Waals surface area (Å²) in [5.41, 5.74) is 4.50. The van der Waals surface area contributed by atoms with Crippen molar-refractivity contribution in [3.05, 3.63) is 65.0 Å². The molecule has 2 aromatic heterocycles. The Labute approximate surface area is 199 Å². The molecule has 0 spiro atoms. The molecule has 7 nitrogen and oxygen atoms in total. The molecule has 1 saturated heterocycles. The van der Waals surface area contributed by atoms with Crippen LogP contribution in [0.2, 0.25) is 0 Å². The Morgan fingerprint density at radius 3 is 2.71 bits per heavy atom. The number of hydrogen-bond acceptors (Lipinski definition) is 6. The van der Waals surface area contributed by atoms with Crippen molar-refractivity contribution < 1.29 is 19.2 Å². The number of rotatable bonds is 8. The molecular weight excluding hydrogens is 430 g/mol. The van der Waals surface area contributed by atoms with Gasteiger partial charge in [-0.3, -0.25) is 0 Å². The van der Waals surface area contributed by atoms with Crippen molar-refractivity contribution in [1.29, 1.82) is 0 Å². The molecule has 178 valence electrons. The van der Waals surface area contributed by atoms with Crippen molar-refractivity contribution >= 4 is 11.8 Å². The minimum absolute atomic E-state index is 0.145. The summed E-state index contributed by atoms with van der Waals surface area (Å²) in [6.45, 7) is 5.61. The number of ether oxygens (including phenoxy) is 1. The Morgan fingerprint density at radius 2 is 2.03 bits per heavy atom. The van der Waals surface area contributed by atoms with Crippen LogP contribution in [0.1, 0.15) is 72.2 Å². The van der Waals surface area contributed by atoms with E-state index in [1.807, 2.05) is 12.1 Å². The lowest BCUT2D eigenvalue weighted by Gasteiger charge is -2.40. The normalized spacial score (nSPS) is 20.5. The van der Waals surface area contributed by atoms with Crippen LogP contribution >= 0.6 is 0 Å². The predicted octanol–water partition coefficient (Wildman–Crippen LogP) is 5.58. The fourth-order valence-corrected chi connectivity index (χ4v) is 4.92. The number of benzene rings is 1. The zero-order valence-electron chi connectivity index (χ0n) is 19.7. The molecule has 0 unspecified atom stereocenters. The van der Waals surface area contributed by atoms with Crippen LogP contribution < -0.4 is 4.90 Å². The van der Waals surface area contributed by atoms with Gasteiger partial charge in [-0.1, -0.05) is 36.3 Å². The summed E-state index contributed by atoms with van der Waals surface area (Å²) in [4.78, 5) is 17.8. The molecule has 1 aliphatic carbocycles. The zero-order chi connectivity index (χ0) is 23.7. The van der Waals surface area contributed by atoms with Crippen molar-refractivity contribution in [2.24, 2.45) is 0 Å². The monoisotopic (exact) mass is 461 g/mol. The van der Waals surface area contributed by atoms with E-state index in [2.05, 4.69) is 41.0 Å². The molecule has 3 aromatic rings. The van der Waals surface area contributed by atoms with Gasteiger partial charge in [0.1, 0.15) is 17.3 Å². The number of nitrogens with zero attached hydrogens (tertiary/aromatic N) is 3. The van der Waals surface area contributed by atoms with Crippen molar-refractivity contribution in [3.8, 4) is 11.3 Å². The van der Waals surface area contributed by atoms with E-state index < -0.39 is 5.97 Å². The van der Waals surface area contributed by atoms with Gasteiger partial charge in [0.2, 0.25) is 0 Å². The van der Waals surface area contributed by atoms with Crippen LogP contribution in [0.5, 0.6) is 0 Å². The van der Waals surface area contributed by atoms with Crippen LogP contribution in [-0.2, 0) is 11.3 Å². The SMILES string of the molecule is CC[C@H]1C[C@H](OCc2c(-c3ccccc3C)noc2C2CC2)CCN1c1ccc(C(=O)O)cn1. The van der Waals surface area contributed by atoms with E-state index in [0.717, 1.165) is 67.0 Å². The van der Waals surface area contributed by atoms with E-state index in [9.17, 15) is 4.79 Å². The second-order valence-electron chi connectivity index (χ2n) is 9.39. The first kappa shape index (κ1) is 22.6. The Kier molecular flexibility index (Phi) is 6.37. The highest BCUT2D eigenvalue weighted by Gasteiger charge is 2.34. The Balaban J connectivity index is 1.29. The molecule has 1 saturated carbocycles. The second-order valence-corrected chi connectivity index (χ2v) is 9.39. The molecular formula is C27H31N3O4. The lowest BCUT2D eigenvalue weighted by atomic mass is 9.96. The number of hydrogen-bond donors (Lipinski definition) is 1. The Morgan fingerprint density at radius 1 is 1.21 bits per heavy atom. The third-order valence-electron chi connectivity index (χ3n) is 7.06. The molecule has 0 amide bonds. The Hall–Kier alpha value is -3.19. The number of piperidine rings is 1. The minimum Gasteiger partial charge on any atom is -0.478 e. The average Bonchev–Trinajstić information content (AvgIpc) is 3.62. The third kappa shape index (κ3) is 4.57. The lowest BCUT2D eigenvalue weighted by molar-refractivity contribution is 0.0156. The van der Waals surface area contributed by atoms with E-state index >= 15 is 0 Å². The highest BCUT2D eigenvalue weighted by molar-refractivity contribution is 5.87. The molecule has 34 heavy (non-hydrogen) atoms. The maximum Gasteiger partial charge on any atom is 0.337 e. The van der Waals surface area contributed by atoms with Crippen molar-refractivity contribution in [1.82, 2.24) is 10.1 Å². The molecule has 3 heterocycles. The first-order chi connectivity index (χ1) is 16.5. The number of aryl methyl sites for hydroxylation is 1. The van der Waals surface area contributed by atoms with Gasteiger partial charge < -0.3 is 19.3 Å². The number of carboxylic acids is 1. The molecule has 0 radical (unpaired) electrons. The molecule has 2 atom stereocenters. The van der Waals surface area contributed by atoms with E-state index in [4.69, 9.17) is 14.4 Å².